The number of benzene rings is 2. The highest BCUT2D eigenvalue weighted by atomic mass is 127. The molecular weight excluding hydrogens is 441 g/mol. The molecule has 0 spiro atoms. The summed E-state index contributed by atoms with van der Waals surface area (Å²) in [5.41, 5.74) is 2.47. The van der Waals surface area contributed by atoms with E-state index in [0.717, 1.165) is 37.0 Å². The Hall–Kier alpha value is -1.96. The number of ether oxygens (including phenoxy) is 2. The van der Waals surface area contributed by atoms with Crippen LogP contribution < -0.4 is 14.8 Å². The van der Waals surface area contributed by atoms with Crippen molar-refractivity contribution >= 4 is 29.9 Å². The van der Waals surface area contributed by atoms with E-state index in [2.05, 4.69) is 39.5 Å². The van der Waals surface area contributed by atoms with Crippen LogP contribution in [0, 0.1) is 0 Å². The van der Waals surface area contributed by atoms with Crippen LogP contribution in [-0.4, -0.2) is 45.7 Å². The molecule has 0 aromatic heterocycles. The fourth-order valence-corrected chi connectivity index (χ4v) is 2.58. The lowest BCUT2D eigenvalue weighted by Crippen LogP contribution is -2.39. The monoisotopic (exact) mass is 469 g/mol. The standard InChI is InChI=1S/C20H27N3O2.HI/c1-21-20(22-14-13-16-5-9-18(24-3)10-6-16)23(2)15-17-7-11-19(25-4)12-8-17;/h5-12H,13-15H2,1-4H3,(H,21,22);1H. The van der Waals surface area contributed by atoms with E-state index in [-0.39, 0.29) is 24.0 Å². The van der Waals surface area contributed by atoms with E-state index in [1.807, 2.05) is 31.3 Å². The van der Waals surface area contributed by atoms with Gasteiger partial charge in [-0.2, -0.15) is 0 Å². The molecule has 0 aliphatic heterocycles. The number of nitrogens with one attached hydrogen (secondary N) is 1. The molecule has 0 fully saturated rings. The molecule has 0 unspecified atom stereocenters. The first-order chi connectivity index (χ1) is 12.2. The van der Waals surface area contributed by atoms with E-state index >= 15 is 0 Å². The lowest BCUT2D eigenvalue weighted by Gasteiger charge is -2.22. The van der Waals surface area contributed by atoms with E-state index in [1.165, 1.54) is 11.1 Å². The number of halogens is 1. The number of guanidine groups is 1. The zero-order chi connectivity index (χ0) is 18.1. The van der Waals surface area contributed by atoms with Crippen LogP contribution >= 0.6 is 24.0 Å². The minimum atomic E-state index is 0. The average molecular weight is 469 g/mol. The van der Waals surface area contributed by atoms with Crippen molar-refractivity contribution in [3.63, 3.8) is 0 Å². The van der Waals surface area contributed by atoms with Crippen molar-refractivity contribution in [3.8, 4) is 11.5 Å². The van der Waals surface area contributed by atoms with Gasteiger partial charge in [-0.25, -0.2) is 0 Å². The number of hydrogen-bond acceptors (Lipinski definition) is 3. The normalized spacial score (nSPS) is 10.7. The van der Waals surface area contributed by atoms with Gasteiger partial charge in [-0.05, 0) is 41.8 Å². The van der Waals surface area contributed by atoms with Crippen LogP contribution in [0.1, 0.15) is 11.1 Å². The predicted molar refractivity (Wildman–Crippen MR) is 118 cm³/mol. The lowest BCUT2D eigenvalue weighted by molar-refractivity contribution is 0.414. The smallest absolute Gasteiger partial charge is 0.193 e. The molecule has 1 N–H and O–H groups in total. The number of nitrogens with zero attached hydrogens (tertiary/aromatic N) is 2. The second-order valence-electron chi connectivity index (χ2n) is 5.78. The molecule has 0 atom stereocenters. The Morgan fingerprint density at radius 2 is 1.42 bits per heavy atom. The third-order valence-corrected chi connectivity index (χ3v) is 4.01. The fraction of sp³-hybridized carbons (Fsp3) is 0.350. The van der Waals surface area contributed by atoms with Crippen LogP contribution in [0.4, 0.5) is 0 Å². The summed E-state index contributed by atoms with van der Waals surface area (Å²) in [5, 5.41) is 3.41. The summed E-state index contributed by atoms with van der Waals surface area (Å²) in [4.78, 5) is 6.47. The third kappa shape index (κ3) is 6.74. The molecular formula is C20H28IN3O2. The molecule has 0 radical (unpaired) electrons. The maximum atomic E-state index is 5.19. The first-order valence-electron chi connectivity index (χ1n) is 8.34. The van der Waals surface area contributed by atoms with Crippen molar-refractivity contribution in [1.82, 2.24) is 10.2 Å². The van der Waals surface area contributed by atoms with Crippen molar-refractivity contribution in [3.05, 3.63) is 59.7 Å². The molecule has 0 saturated carbocycles. The minimum absolute atomic E-state index is 0. The van der Waals surface area contributed by atoms with E-state index in [9.17, 15) is 0 Å². The number of aliphatic imine (C=N–C) groups is 1. The Labute approximate surface area is 173 Å². The zero-order valence-electron chi connectivity index (χ0n) is 15.9. The van der Waals surface area contributed by atoms with Crippen molar-refractivity contribution in [1.29, 1.82) is 0 Å². The summed E-state index contributed by atoms with van der Waals surface area (Å²) in [6.07, 6.45) is 0.930. The molecule has 2 aromatic carbocycles. The van der Waals surface area contributed by atoms with E-state index in [1.54, 1.807) is 21.3 Å². The van der Waals surface area contributed by atoms with Crippen LogP contribution in [0.5, 0.6) is 11.5 Å². The van der Waals surface area contributed by atoms with Gasteiger partial charge in [0.2, 0.25) is 0 Å². The van der Waals surface area contributed by atoms with E-state index in [0.29, 0.717) is 0 Å². The first-order valence-corrected chi connectivity index (χ1v) is 8.34. The Morgan fingerprint density at radius 1 is 0.923 bits per heavy atom. The number of methoxy groups -OCH3 is 2. The summed E-state index contributed by atoms with van der Waals surface area (Å²) in [5.74, 6) is 2.63. The highest BCUT2D eigenvalue weighted by Crippen LogP contribution is 2.13. The Balaban J connectivity index is 0.00000338. The van der Waals surface area contributed by atoms with E-state index in [4.69, 9.17) is 9.47 Å². The fourth-order valence-electron chi connectivity index (χ4n) is 2.58. The molecule has 0 aliphatic rings. The van der Waals surface area contributed by atoms with Crippen LogP contribution in [0.2, 0.25) is 0 Å². The van der Waals surface area contributed by atoms with Gasteiger partial charge in [0.15, 0.2) is 5.96 Å². The van der Waals surface area contributed by atoms with Crippen LogP contribution in [-0.2, 0) is 13.0 Å². The molecule has 142 valence electrons. The largest absolute Gasteiger partial charge is 0.497 e. The molecule has 0 bridgehead atoms. The minimum Gasteiger partial charge on any atom is -0.497 e. The van der Waals surface area contributed by atoms with Gasteiger partial charge in [-0.3, -0.25) is 4.99 Å². The molecule has 2 rings (SSSR count). The average Bonchev–Trinajstić information content (AvgIpc) is 2.66. The van der Waals surface area contributed by atoms with Crippen LogP contribution in [0.15, 0.2) is 53.5 Å². The summed E-state index contributed by atoms with van der Waals surface area (Å²) < 4.78 is 10.4. The Kier molecular flexibility index (Phi) is 9.87. The van der Waals surface area contributed by atoms with Crippen LogP contribution in [0.3, 0.4) is 0 Å². The van der Waals surface area contributed by atoms with Crippen molar-refractivity contribution in [2.45, 2.75) is 13.0 Å². The Morgan fingerprint density at radius 3 is 1.88 bits per heavy atom. The summed E-state index contributed by atoms with van der Waals surface area (Å²) in [7, 11) is 7.20. The molecule has 0 saturated heterocycles. The Bertz CT molecular complexity index is 672. The van der Waals surface area contributed by atoms with Crippen molar-refractivity contribution < 1.29 is 9.47 Å². The third-order valence-electron chi connectivity index (χ3n) is 4.01. The molecule has 5 nitrogen and oxygen atoms in total. The topological polar surface area (TPSA) is 46.1 Å². The van der Waals surface area contributed by atoms with E-state index < -0.39 is 0 Å². The maximum absolute atomic E-state index is 5.19. The van der Waals surface area contributed by atoms with Gasteiger partial charge in [-0.15, -0.1) is 24.0 Å². The zero-order valence-corrected chi connectivity index (χ0v) is 18.2. The van der Waals surface area contributed by atoms with Gasteiger partial charge < -0.3 is 19.7 Å². The molecule has 0 aliphatic carbocycles. The maximum Gasteiger partial charge on any atom is 0.193 e. The predicted octanol–water partition coefficient (Wildman–Crippen LogP) is 3.57. The highest BCUT2D eigenvalue weighted by Gasteiger charge is 2.06. The number of rotatable bonds is 7. The molecule has 0 amide bonds. The summed E-state index contributed by atoms with van der Waals surface area (Å²) in [6, 6.07) is 16.2. The summed E-state index contributed by atoms with van der Waals surface area (Å²) >= 11 is 0. The van der Waals surface area contributed by atoms with Gasteiger partial charge in [0.1, 0.15) is 11.5 Å². The first kappa shape index (κ1) is 22.1. The van der Waals surface area contributed by atoms with Crippen LogP contribution in [0.25, 0.3) is 0 Å². The second-order valence-corrected chi connectivity index (χ2v) is 5.78. The van der Waals surface area contributed by atoms with Gasteiger partial charge >= 0.3 is 0 Å². The SMILES string of the molecule is CN=C(NCCc1ccc(OC)cc1)N(C)Cc1ccc(OC)cc1.I. The van der Waals surface area contributed by atoms with Gasteiger partial charge in [0.05, 0.1) is 14.2 Å². The van der Waals surface area contributed by atoms with Gasteiger partial charge in [-0.1, -0.05) is 24.3 Å². The van der Waals surface area contributed by atoms with Gasteiger partial charge in [0, 0.05) is 27.2 Å². The molecule has 2 aromatic rings. The number of hydrogen-bond donors (Lipinski definition) is 1. The highest BCUT2D eigenvalue weighted by molar-refractivity contribution is 14.0. The quantitative estimate of drug-likeness (QED) is 0.383. The van der Waals surface area contributed by atoms with Crippen molar-refractivity contribution in [2.75, 3.05) is 34.9 Å². The lowest BCUT2D eigenvalue weighted by atomic mass is 10.1. The molecule has 0 heterocycles. The summed E-state index contributed by atoms with van der Waals surface area (Å²) in [6.45, 7) is 1.61. The van der Waals surface area contributed by atoms with Crippen molar-refractivity contribution in [2.24, 2.45) is 4.99 Å². The second kappa shape index (κ2) is 11.6. The molecule has 6 heteroatoms. The molecule has 26 heavy (non-hydrogen) atoms. The van der Waals surface area contributed by atoms with Gasteiger partial charge in [0.25, 0.3) is 0 Å².